The van der Waals surface area contributed by atoms with Crippen molar-refractivity contribution in [1.82, 2.24) is 0 Å². The number of nitrogens with two attached hydrogens (primary N) is 1. The number of fused-ring (bicyclic) bond motifs is 1. The van der Waals surface area contributed by atoms with Gasteiger partial charge in [0.25, 0.3) is 5.91 Å². The zero-order valence-corrected chi connectivity index (χ0v) is 16.8. The maximum absolute atomic E-state index is 13.1. The van der Waals surface area contributed by atoms with Crippen LogP contribution >= 0.6 is 0 Å². The molecule has 0 aliphatic carbocycles. The van der Waals surface area contributed by atoms with Crippen LogP contribution in [0.15, 0.2) is 66.7 Å². The van der Waals surface area contributed by atoms with E-state index in [0.29, 0.717) is 30.0 Å². The minimum atomic E-state index is -0.958. The lowest BCUT2D eigenvalue weighted by atomic mass is 9.95. The second-order valence-corrected chi connectivity index (χ2v) is 7.24. The number of hydrogen-bond acceptors (Lipinski definition) is 4. The summed E-state index contributed by atoms with van der Waals surface area (Å²) in [6.07, 6.45) is 3.66. The van der Waals surface area contributed by atoms with E-state index in [2.05, 4.69) is 5.32 Å². The first kappa shape index (κ1) is 20.4. The number of amides is 1. The number of carbonyl (C=O) groups is 2. The molecule has 4 rings (SSSR count). The van der Waals surface area contributed by atoms with Crippen LogP contribution in [-0.2, 0) is 17.8 Å². The Balaban J connectivity index is 1.74. The zero-order chi connectivity index (χ0) is 21.8. The Kier molecular flexibility index (Phi) is 5.82. The van der Waals surface area contributed by atoms with Crippen molar-refractivity contribution in [1.29, 1.82) is 0 Å². The molecule has 0 fully saturated rings. The van der Waals surface area contributed by atoms with Crippen LogP contribution in [-0.4, -0.2) is 23.6 Å². The molecular weight excluding hydrogens is 392 g/mol. The molecule has 0 aromatic heterocycles. The summed E-state index contributed by atoms with van der Waals surface area (Å²) in [4.78, 5) is 24.2. The second kappa shape index (κ2) is 8.85. The molecule has 1 heterocycles. The Bertz CT molecular complexity index is 1180. The molecule has 6 heteroatoms. The Morgan fingerprint density at radius 3 is 2.71 bits per heavy atom. The maximum Gasteiger partial charge on any atom is 0.307 e. The van der Waals surface area contributed by atoms with Crippen LogP contribution in [0.3, 0.4) is 0 Å². The van der Waals surface area contributed by atoms with Crippen molar-refractivity contribution < 1.29 is 19.4 Å². The maximum atomic E-state index is 13.1. The average molecular weight is 414 g/mol. The van der Waals surface area contributed by atoms with Gasteiger partial charge in [-0.15, -0.1) is 0 Å². The molecule has 1 amide bonds. The van der Waals surface area contributed by atoms with Gasteiger partial charge < -0.3 is 20.9 Å². The lowest BCUT2D eigenvalue weighted by Crippen LogP contribution is -2.15. The highest BCUT2D eigenvalue weighted by atomic mass is 16.5. The number of nitrogens with one attached hydrogen (secondary N) is 1. The second-order valence-electron chi connectivity index (χ2n) is 7.24. The van der Waals surface area contributed by atoms with Crippen molar-refractivity contribution in [2.75, 3.05) is 11.9 Å². The Morgan fingerprint density at radius 1 is 1.06 bits per heavy atom. The molecule has 4 N–H and O–H groups in total. The molecule has 156 valence electrons. The third-order valence-corrected chi connectivity index (χ3v) is 5.08. The van der Waals surface area contributed by atoms with Gasteiger partial charge in [-0.05, 0) is 47.0 Å². The number of aliphatic carboxylic acids is 1. The van der Waals surface area contributed by atoms with Crippen molar-refractivity contribution in [3.63, 3.8) is 0 Å². The lowest BCUT2D eigenvalue weighted by Gasteiger charge is -2.19. The van der Waals surface area contributed by atoms with Crippen LogP contribution in [0.5, 0.6) is 5.75 Å². The van der Waals surface area contributed by atoms with Gasteiger partial charge in [-0.1, -0.05) is 42.5 Å². The molecule has 0 atom stereocenters. The number of carbonyl (C=O) groups excluding carboxylic acids is 1. The Labute approximate surface area is 180 Å². The SMILES string of the molecule is NCc1cccc(-c2cc(C(=O)Nc3ccccc3CC(=O)O)cc3c2OCC=C3)c1. The smallest absolute Gasteiger partial charge is 0.307 e. The van der Waals surface area contributed by atoms with E-state index in [4.69, 9.17) is 15.6 Å². The Hall–Kier alpha value is -3.90. The van der Waals surface area contributed by atoms with Crippen LogP contribution in [0, 0.1) is 0 Å². The van der Waals surface area contributed by atoms with Gasteiger partial charge >= 0.3 is 5.97 Å². The molecule has 1 aliphatic rings. The van der Waals surface area contributed by atoms with Gasteiger partial charge in [-0.3, -0.25) is 9.59 Å². The van der Waals surface area contributed by atoms with Gasteiger partial charge in [0.15, 0.2) is 0 Å². The topological polar surface area (TPSA) is 102 Å². The van der Waals surface area contributed by atoms with E-state index in [1.54, 1.807) is 36.4 Å². The van der Waals surface area contributed by atoms with E-state index in [9.17, 15) is 9.59 Å². The highest BCUT2D eigenvalue weighted by molar-refractivity contribution is 6.06. The number of hydrogen-bond donors (Lipinski definition) is 3. The fourth-order valence-corrected chi connectivity index (χ4v) is 3.61. The van der Waals surface area contributed by atoms with Gasteiger partial charge in [0.2, 0.25) is 0 Å². The highest BCUT2D eigenvalue weighted by Gasteiger charge is 2.19. The molecule has 31 heavy (non-hydrogen) atoms. The predicted molar refractivity (Wildman–Crippen MR) is 120 cm³/mol. The molecular formula is C25H22N2O4. The number of carboxylic acids is 1. The molecule has 6 nitrogen and oxygen atoms in total. The largest absolute Gasteiger partial charge is 0.488 e. The number of carboxylic acid groups (broad SMARTS) is 1. The van der Waals surface area contributed by atoms with E-state index in [1.807, 2.05) is 36.4 Å². The van der Waals surface area contributed by atoms with Gasteiger partial charge in [-0.2, -0.15) is 0 Å². The number of para-hydroxylation sites is 1. The van der Waals surface area contributed by atoms with Crippen LogP contribution in [0.25, 0.3) is 17.2 Å². The van der Waals surface area contributed by atoms with Gasteiger partial charge in [0, 0.05) is 28.9 Å². The summed E-state index contributed by atoms with van der Waals surface area (Å²) >= 11 is 0. The van der Waals surface area contributed by atoms with E-state index in [-0.39, 0.29) is 12.3 Å². The minimum absolute atomic E-state index is 0.172. The molecule has 0 radical (unpaired) electrons. The molecule has 0 saturated carbocycles. The van der Waals surface area contributed by atoms with Crippen molar-refractivity contribution >= 4 is 23.6 Å². The fourth-order valence-electron chi connectivity index (χ4n) is 3.61. The van der Waals surface area contributed by atoms with Crippen LogP contribution < -0.4 is 15.8 Å². The van der Waals surface area contributed by atoms with Gasteiger partial charge in [-0.25, -0.2) is 0 Å². The molecule has 0 spiro atoms. The first-order valence-electron chi connectivity index (χ1n) is 9.93. The average Bonchev–Trinajstić information content (AvgIpc) is 2.79. The number of ether oxygens (including phenoxy) is 1. The van der Waals surface area contributed by atoms with E-state index < -0.39 is 5.97 Å². The summed E-state index contributed by atoms with van der Waals surface area (Å²) in [6.45, 7) is 0.877. The molecule has 1 aliphatic heterocycles. The summed E-state index contributed by atoms with van der Waals surface area (Å²) < 4.78 is 5.88. The first-order valence-corrected chi connectivity index (χ1v) is 9.93. The quantitative estimate of drug-likeness (QED) is 0.564. The minimum Gasteiger partial charge on any atom is -0.488 e. The molecule has 0 unspecified atom stereocenters. The van der Waals surface area contributed by atoms with Crippen LogP contribution in [0.1, 0.15) is 27.0 Å². The van der Waals surface area contributed by atoms with Crippen LogP contribution in [0.4, 0.5) is 5.69 Å². The molecule has 3 aromatic rings. The van der Waals surface area contributed by atoms with Crippen molar-refractivity contribution in [3.8, 4) is 16.9 Å². The fraction of sp³-hybridized carbons (Fsp3) is 0.120. The normalized spacial score (nSPS) is 12.0. The third-order valence-electron chi connectivity index (χ3n) is 5.08. The molecule has 0 bridgehead atoms. The van der Waals surface area contributed by atoms with Gasteiger partial charge in [0.1, 0.15) is 12.4 Å². The van der Waals surface area contributed by atoms with E-state index in [0.717, 1.165) is 28.0 Å². The van der Waals surface area contributed by atoms with Crippen molar-refractivity contribution in [2.45, 2.75) is 13.0 Å². The number of benzene rings is 3. The summed E-state index contributed by atoms with van der Waals surface area (Å²) in [5, 5.41) is 12.0. The number of anilines is 1. The summed E-state index contributed by atoms with van der Waals surface area (Å²) in [5.41, 5.74) is 10.8. The van der Waals surface area contributed by atoms with Crippen molar-refractivity contribution in [2.24, 2.45) is 5.73 Å². The predicted octanol–water partition coefficient (Wildman–Crippen LogP) is 4.10. The monoisotopic (exact) mass is 414 g/mol. The third kappa shape index (κ3) is 4.49. The zero-order valence-electron chi connectivity index (χ0n) is 16.8. The molecule has 0 saturated heterocycles. The van der Waals surface area contributed by atoms with Crippen LogP contribution in [0.2, 0.25) is 0 Å². The lowest BCUT2D eigenvalue weighted by molar-refractivity contribution is -0.136. The van der Waals surface area contributed by atoms with Gasteiger partial charge in [0.05, 0.1) is 6.42 Å². The highest BCUT2D eigenvalue weighted by Crippen LogP contribution is 2.37. The summed E-state index contributed by atoms with van der Waals surface area (Å²) in [7, 11) is 0. The molecule has 3 aromatic carbocycles. The summed E-state index contributed by atoms with van der Waals surface area (Å²) in [5.74, 6) is -0.560. The Morgan fingerprint density at radius 2 is 1.90 bits per heavy atom. The van der Waals surface area contributed by atoms with Crippen molar-refractivity contribution in [3.05, 3.63) is 89.0 Å². The first-order chi connectivity index (χ1) is 15.0. The standard InChI is InChI=1S/C25H22N2O4/c26-15-16-5-3-7-17(11-16)21-13-20(12-19-8-4-10-31-24(19)21)25(30)27-22-9-2-1-6-18(22)14-23(28)29/h1-9,11-13H,10,14-15,26H2,(H,27,30)(H,28,29). The summed E-state index contributed by atoms with van der Waals surface area (Å²) in [6, 6.07) is 18.3. The number of rotatable bonds is 6. The van der Waals surface area contributed by atoms with E-state index in [1.165, 1.54) is 0 Å². The van der Waals surface area contributed by atoms with E-state index >= 15 is 0 Å².